The number of piperidine rings is 1. The van der Waals surface area contributed by atoms with E-state index in [-0.39, 0.29) is 17.9 Å². The largest absolute Gasteiger partial charge is 0.304 e. The highest BCUT2D eigenvalue weighted by Gasteiger charge is 2.30. The van der Waals surface area contributed by atoms with E-state index in [1.54, 1.807) is 6.92 Å². The van der Waals surface area contributed by atoms with Crippen molar-refractivity contribution in [3.63, 3.8) is 0 Å². The minimum atomic E-state index is -0.684. The summed E-state index contributed by atoms with van der Waals surface area (Å²) in [7, 11) is 2.20. The minimum absolute atomic E-state index is 0.179. The molecular formula is C27H39N5O3. The van der Waals surface area contributed by atoms with Gasteiger partial charge in [-0.1, -0.05) is 37.8 Å². The molecule has 2 amide bonds. The second kappa shape index (κ2) is 11.9. The Morgan fingerprint density at radius 1 is 0.971 bits per heavy atom. The monoisotopic (exact) mass is 481 g/mol. The number of imide groups is 1. The molecule has 1 unspecified atom stereocenters. The molecule has 0 aliphatic carbocycles. The molecule has 2 aliphatic heterocycles. The van der Waals surface area contributed by atoms with E-state index in [1.807, 2.05) is 18.2 Å². The Balaban J connectivity index is 1.30. The lowest BCUT2D eigenvalue weighted by molar-refractivity contribution is -0.135. The molecule has 1 aromatic carbocycles. The third-order valence-corrected chi connectivity index (χ3v) is 7.48. The number of aromatic nitrogens is 2. The molecule has 0 saturated carbocycles. The Hall–Kier alpha value is -2.58. The molecule has 190 valence electrons. The Bertz CT molecular complexity index is 1100. The highest BCUT2D eigenvalue weighted by atomic mass is 16.2. The van der Waals surface area contributed by atoms with Crippen molar-refractivity contribution in [2.45, 2.75) is 70.8 Å². The molecule has 0 spiro atoms. The van der Waals surface area contributed by atoms with Crippen molar-refractivity contribution in [1.82, 2.24) is 24.7 Å². The van der Waals surface area contributed by atoms with Crippen LogP contribution < -0.4 is 10.9 Å². The maximum Gasteiger partial charge on any atom is 0.262 e. The second-order valence-corrected chi connectivity index (χ2v) is 10.1. The van der Waals surface area contributed by atoms with Gasteiger partial charge in [0.25, 0.3) is 5.56 Å². The Labute approximate surface area is 207 Å². The predicted molar refractivity (Wildman–Crippen MR) is 138 cm³/mol. The van der Waals surface area contributed by atoms with Crippen molar-refractivity contribution in [2.24, 2.45) is 0 Å². The van der Waals surface area contributed by atoms with Crippen LogP contribution in [0.4, 0.5) is 0 Å². The van der Waals surface area contributed by atoms with Gasteiger partial charge >= 0.3 is 0 Å². The highest BCUT2D eigenvalue weighted by molar-refractivity contribution is 5.99. The molecule has 4 rings (SSSR count). The van der Waals surface area contributed by atoms with Gasteiger partial charge in [0.15, 0.2) is 0 Å². The zero-order valence-corrected chi connectivity index (χ0v) is 21.2. The Morgan fingerprint density at radius 3 is 2.43 bits per heavy atom. The summed E-state index contributed by atoms with van der Waals surface area (Å²) in [5.41, 5.74) is 1.50. The highest BCUT2D eigenvalue weighted by Crippen LogP contribution is 2.22. The zero-order chi connectivity index (χ0) is 24.8. The maximum absolute atomic E-state index is 13.5. The lowest BCUT2D eigenvalue weighted by Crippen LogP contribution is -2.45. The van der Waals surface area contributed by atoms with Crippen LogP contribution in [0.5, 0.6) is 0 Å². The first kappa shape index (κ1) is 25.5. The van der Waals surface area contributed by atoms with E-state index >= 15 is 0 Å². The lowest BCUT2D eigenvalue weighted by Gasteiger charge is -2.32. The third-order valence-electron chi connectivity index (χ3n) is 7.48. The van der Waals surface area contributed by atoms with Crippen molar-refractivity contribution in [2.75, 3.05) is 39.8 Å². The fraction of sp³-hybridized carbons (Fsp3) is 0.630. The number of hydrogen-bond acceptors (Lipinski definition) is 6. The van der Waals surface area contributed by atoms with Crippen molar-refractivity contribution < 1.29 is 9.59 Å². The van der Waals surface area contributed by atoms with Crippen LogP contribution in [0.15, 0.2) is 23.0 Å². The van der Waals surface area contributed by atoms with E-state index in [2.05, 4.69) is 27.1 Å². The minimum Gasteiger partial charge on any atom is -0.304 e. The summed E-state index contributed by atoms with van der Waals surface area (Å²) < 4.78 is 1.48. The number of nitrogens with one attached hydrogen (secondary N) is 1. The molecule has 0 radical (unpaired) electrons. The van der Waals surface area contributed by atoms with Gasteiger partial charge in [0, 0.05) is 32.6 Å². The van der Waals surface area contributed by atoms with Crippen molar-refractivity contribution >= 4 is 22.7 Å². The van der Waals surface area contributed by atoms with Crippen LogP contribution in [-0.2, 0) is 16.0 Å². The number of fused-ring (bicyclic) bond motifs is 1. The van der Waals surface area contributed by atoms with Crippen LogP contribution in [0.25, 0.3) is 10.9 Å². The van der Waals surface area contributed by atoms with Gasteiger partial charge < -0.3 is 9.80 Å². The summed E-state index contributed by atoms with van der Waals surface area (Å²) in [6.45, 7) is 7.72. The van der Waals surface area contributed by atoms with Gasteiger partial charge in [0.05, 0.1) is 10.9 Å². The fourth-order valence-corrected chi connectivity index (χ4v) is 5.36. The molecule has 3 heterocycles. The topological polar surface area (TPSA) is 87.5 Å². The SMILES string of the molecule is Cc1nc2cccc(CCCCCCCCN3CCN(C)CC3)c2c(=O)n1C1CCC(=O)NC1=O. The van der Waals surface area contributed by atoms with Gasteiger partial charge in [-0.25, -0.2) is 4.98 Å². The first-order chi connectivity index (χ1) is 16.9. The molecule has 2 aromatic rings. The summed E-state index contributed by atoms with van der Waals surface area (Å²) in [5, 5.41) is 2.96. The number of amides is 2. The average Bonchev–Trinajstić information content (AvgIpc) is 2.83. The first-order valence-electron chi connectivity index (χ1n) is 13.2. The lowest BCUT2D eigenvalue weighted by atomic mass is 10.0. The summed E-state index contributed by atoms with van der Waals surface area (Å²) in [5.74, 6) is -0.200. The number of carbonyl (C=O) groups is 2. The predicted octanol–water partition coefficient (Wildman–Crippen LogP) is 2.81. The van der Waals surface area contributed by atoms with E-state index in [9.17, 15) is 14.4 Å². The van der Waals surface area contributed by atoms with Gasteiger partial charge in [-0.15, -0.1) is 0 Å². The number of aryl methyl sites for hydroxylation is 2. The van der Waals surface area contributed by atoms with Crippen LogP contribution in [0.3, 0.4) is 0 Å². The molecule has 8 heteroatoms. The molecule has 1 atom stereocenters. The van der Waals surface area contributed by atoms with E-state index in [4.69, 9.17) is 0 Å². The van der Waals surface area contributed by atoms with E-state index in [0.717, 1.165) is 24.8 Å². The number of unbranched alkanes of at least 4 members (excludes halogenated alkanes) is 5. The smallest absolute Gasteiger partial charge is 0.262 e. The van der Waals surface area contributed by atoms with Gasteiger partial charge in [-0.2, -0.15) is 0 Å². The van der Waals surface area contributed by atoms with Gasteiger partial charge in [-0.3, -0.25) is 24.3 Å². The number of hydrogen-bond donors (Lipinski definition) is 1. The number of rotatable bonds is 10. The quantitative estimate of drug-likeness (QED) is 0.415. The zero-order valence-electron chi connectivity index (χ0n) is 21.2. The summed E-state index contributed by atoms with van der Waals surface area (Å²) in [4.78, 5) is 47.1. The Morgan fingerprint density at radius 2 is 1.69 bits per heavy atom. The van der Waals surface area contributed by atoms with Crippen LogP contribution >= 0.6 is 0 Å². The molecule has 8 nitrogen and oxygen atoms in total. The number of piperazine rings is 1. The van der Waals surface area contributed by atoms with E-state index in [1.165, 1.54) is 63.0 Å². The molecular weight excluding hydrogens is 442 g/mol. The van der Waals surface area contributed by atoms with Crippen molar-refractivity contribution in [3.8, 4) is 0 Å². The van der Waals surface area contributed by atoms with Crippen LogP contribution in [0.2, 0.25) is 0 Å². The second-order valence-electron chi connectivity index (χ2n) is 10.1. The third kappa shape index (κ3) is 6.35. The summed E-state index contributed by atoms with van der Waals surface area (Å²) in [6, 6.07) is 5.14. The van der Waals surface area contributed by atoms with E-state index in [0.29, 0.717) is 23.1 Å². The van der Waals surface area contributed by atoms with Crippen LogP contribution in [-0.4, -0.2) is 70.9 Å². The molecule has 2 fully saturated rings. The molecule has 2 aliphatic rings. The first-order valence-corrected chi connectivity index (χ1v) is 13.2. The molecule has 35 heavy (non-hydrogen) atoms. The molecule has 1 aromatic heterocycles. The molecule has 2 saturated heterocycles. The van der Waals surface area contributed by atoms with Crippen LogP contribution in [0, 0.1) is 6.92 Å². The number of carbonyl (C=O) groups excluding carboxylic acids is 2. The summed E-state index contributed by atoms with van der Waals surface area (Å²) >= 11 is 0. The van der Waals surface area contributed by atoms with Crippen molar-refractivity contribution in [1.29, 1.82) is 0 Å². The summed E-state index contributed by atoms with van der Waals surface area (Å²) in [6.07, 6.45) is 8.59. The van der Waals surface area contributed by atoms with Gasteiger partial charge in [0.1, 0.15) is 11.9 Å². The van der Waals surface area contributed by atoms with Crippen LogP contribution in [0.1, 0.15) is 68.8 Å². The Kier molecular flexibility index (Phi) is 8.68. The molecule has 1 N–H and O–H groups in total. The normalized spacial score (nSPS) is 19.9. The maximum atomic E-state index is 13.5. The van der Waals surface area contributed by atoms with E-state index < -0.39 is 11.9 Å². The number of nitrogens with zero attached hydrogens (tertiary/aromatic N) is 4. The van der Waals surface area contributed by atoms with Crippen molar-refractivity contribution in [3.05, 3.63) is 39.9 Å². The standard InChI is InChI=1S/C27H39N5O3/c1-20-28-22-12-9-11-21(25(22)27(35)32(20)23-13-14-24(33)29-26(23)34)10-7-5-3-4-6-8-15-31-18-16-30(2)17-19-31/h9,11-12,23H,3-8,10,13-19H2,1-2H3,(H,29,33,34). The fourth-order valence-electron chi connectivity index (χ4n) is 5.36. The average molecular weight is 482 g/mol. The number of likely N-dealkylation sites (N-methyl/N-ethyl adjacent to an activating group) is 1. The molecule has 0 bridgehead atoms. The van der Waals surface area contributed by atoms with Gasteiger partial charge in [-0.05, 0) is 57.8 Å². The van der Waals surface area contributed by atoms with Gasteiger partial charge in [0.2, 0.25) is 11.8 Å². The number of benzene rings is 1.